The first kappa shape index (κ1) is 24.6. The fraction of sp³-hybridized carbons (Fsp3) is 0.208. The lowest BCUT2D eigenvalue weighted by Gasteiger charge is -2.12. The van der Waals surface area contributed by atoms with E-state index in [1.165, 1.54) is 18.2 Å². The highest BCUT2D eigenvalue weighted by Gasteiger charge is 2.20. The molecule has 3 rings (SSSR count). The number of rotatable bonds is 10. The van der Waals surface area contributed by atoms with Gasteiger partial charge in [-0.25, -0.2) is 13.1 Å². The molecule has 0 bridgehead atoms. The van der Waals surface area contributed by atoms with Gasteiger partial charge in [0.25, 0.3) is 5.91 Å². The van der Waals surface area contributed by atoms with Gasteiger partial charge in [-0.1, -0.05) is 48.0 Å². The third-order valence-electron chi connectivity index (χ3n) is 4.97. The Bertz CT molecular complexity index is 1220. The van der Waals surface area contributed by atoms with E-state index in [2.05, 4.69) is 10.0 Å². The summed E-state index contributed by atoms with van der Waals surface area (Å²) in [5.41, 5.74) is 1.91. The molecule has 174 valence electrons. The van der Waals surface area contributed by atoms with Gasteiger partial charge < -0.3 is 14.8 Å². The van der Waals surface area contributed by atoms with Crippen molar-refractivity contribution in [2.45, 2.75) is 17.9 Å². The predicted octanol–water partition coefficient (Wildman–Crippen LogP) is 3.81. The molecule has 7 nitrogen and oxygen atoms in total. The quantitative estimate of drug-likeness (QED) is 0.452. The Labute approximate surface area is 198 Å². The molecule has 0 aliphatic rings. The Balaban J connectivity index is 1.66. The first-order valence-corrected chi connectivity index (χ1v) is 12.0. The number of methoxy groups -OCH3 is 2. The highest BCUT2D eigenvalue weighted by atomic mass is 35.5. The Morgan fingerprint density at radius 2 is 1.73 bits per heavy atom. The predicted molar refractivity (Wildman–Crippen MR) is 128 cm³/mol. The number of hydrogen-bond acceptors (Lipinski definition) is 5. The molecule has 0 aliphatic heterocycles. The number of amides is 1. The van der Waals surface area contributed by atoms with Crippen LogP contribution in [0.5, 0.6) is 11.5 Å². The van der Waals surface area contributed by atoms with Gasteiger partial charge in [-0.2, -0.15) is 0 Å². The molecule has 0 aromatic heterocycles. The van der Waals surface area contributed by atoms with Gasteiger partial charge in [0, 0.05) is 24.7 Å². The van der Waals surface area contributed by atoms with E-state index in [1.54, 1.807) is 20.3 Å². The van der Waals surface area contributed by atoms with Crippen molar-refractivity contribution in [3.63, 3.8) is 0 Å². The number of benzene rings is 3. The van der Waals surface area contributed by atoms with E-state index in [-0.39, 0.29) is 22.0 Å². The van der Waals surface area contributed by atoms with Gasteiger partial charge in [0.1, 0.15) is 16.4 Å². The van der Waals surface area contributed by atoms with Crippen LogP contribution in [0.4, 0.5) is 0 Å². The van der Waals surface area contributed by atoms with Crippen LogP contribution in [0.1, 0.15) is 21.5 Å². The molecule has 3 aromatic rings. The molecule has 0 fully saturated rings. The van der Waals surface area contributed by atoms with Crippen LogP contribution in [0.2, 0.25) is 5.02 Å². The molecule has 33 heavy (non-hydrogen) atoms. The Morgan fingerprint density at radius 3 is 2.42 bits per heavy atom. The average Bonchev–Trinajstić information content (AvgIpc) is 2.83. The standard InChI is InChI=1S/C24H25ClN2O5S/c1-31-20-10-8-18(22(15-20)32-2)12-13-26-24(28)19-9-11-21(25)23(14-19)33(29,30)27-16-17-6-4-3-5-7-17/h3-11,14-15,27H,12-13,16H2,1-2H3,(H,26,28). The molecule has 9 heteroatoms. The largest absolute Gasteiger partial charge is 0.497 e. The molecule has 0 unspecified atom stereocenters. The molecule has 3 aromatic carbocycles. The summed E-state index contributed by atoms with van der Waals surface area (Å²) in [6.07, 6.45) is 0.524. The van der Waals surface area contributed by atoms with Crippen molar-refractivity contribution >= 4 is 27.5 Å². The number of halogens is 1. The van der Waals surface area contributed by atoms with Crippen molar-refractivity contribution in [3.05, 3.63) is 88.4 Å². The van der Waals surface area contributed by atoms with Crippen molar-refractivity contribution in [1.82, 2.24) is 10.0 Å². The highest BCUT2D eigenvalue weighted by molar-refractivity contribution is 7.89. The molecule has 2 N–H and O–H groups in total. The lowest BCUT2D eigenvalue weighted by molar-refractivity contribution is 0.0954. The fourth-order valence-electron chi connectivity index (χ4n) is 3.17. The van der Waals surface area contributed by atoms with Crippen molar-refractivity contribution in [3.8, 4) is 11.5 Å². The van der Waals surface area contributed by atoms with Gasteiger partial charge in [0.15, 0.2) is 0 Å². The number of ether oxygens (including phenoxy) is 2. The number of hydrogen-bond donors (Lipinski definition) is 2. The summed E-state index contributed by atoms with van der Waals surface area (Å²) in [5.74, 6) is 0.932. The van der Waals surface area contributed by atoms with Crippen LogP contribution in [0, 0.1) is 0 Å². The number of carbonyl (C=O) groups excluding carboxylic acids is 1. The SMILES string of the molecule is COc1ccc(CCNC(=O)c2ccc(Cl)c(S(=O)(=O)NCc3ccccc3)c2)c(OC)c1. The average molecular weight is 489 g/mol. The molecule has 0 saturated heterocycles. The molecule has 0 atom stereocenters. The lowest BCUT2D eigenvalue weighted by atomic mass is 10.1. The molecule has 0 saturated carbocycles. The monoisotopic (exact) mass is 488 g/mol. The normalized spacial score (nSPS) is 11.1. The second-order valence-corrected chi connectivity index (χ2v) is 9.28. The van der Waals surface area contributed by atoms with Gasteiger partial charge >= 0.3 is 0 Å². The Hall–Kier alpha value is -3.07. The summed E-state index contributed by atoms with van der Waals surface area (Å²) in [4.78, 5) is 12.5. The summed E-state index contributed by atoms with van der Waals surface area (Å²) >= 11 is 6.13. The smallest absolute Gasteiger partial charge is 0.251 e. The topological polar surface area (TPSA) is 93.7 Å². The third-order valence-corrected chi connectivity index (χ3v) is 6.85. The van der Waals surface area contributed by atoms with E-state index < -0.39 is 15.9 Å². The fourth-order valence-corrected chi connectivity index (χ4v) is 4.71. The first-order chi connectivity index (χ1) is 15.8. The van der Waals surface area contributed by atoms with Crippen molar-refractivity contribution in [2.24, 2.45) is 0 Å². The Kier molecular flexibility index (Phi) is 8.32. The lowest BCUT2D eigenvalue weighted by Crippen LogP contribution is -2.27. The van der Waals surface area contributed by atoms with Crippen LogP contribution in [-0.4, -0.2) is 35.1 Å². The minimum absolute atomic E-state index is 0.0371. The minimum atomic E-state index is -3.91. The number of nitrogens with one attached hydrogen (secondary N) is 2. The summed E-state index contributed by atoms with van der Waals surface area (Å²) in [7, 11) is -0.771. The highest BCUT2D eigenvalue weighted by Crippen LogP contribution is 2.25. The van der Waals surface area contributed by atoms with Crippen LogP contribution >= 0.6 is 11.6 Å². The van der Waals surface area contributed by atoms with Crippen LogP contribution < -0.4 is 19.5 Å². The van der Waals surface area contributed by atoms with Crippen LogP contribution in [0.3, 0.4) is 0 Å². The summed E-state index contributed by atoms with van der Waals surface area (Å²) in [6.45, 7) is 0.443. The van der Waals surface area contributed by atoms with E-state index in [0.717, 1.165) is 11.1 Å². The minimum Gasteiger partial charge on any atom is -0.497 e. The number of sulfonamides is 1. The maximum Gasteiger partial charge on any atom is 0.251 e. The van der Waals surface area contributed by atoms with Gasteiger partial charge in [0.2, 0.25) is 10.0 Å². The zero-order chi connectivity index (χ0) is 23.8. The Morgan fingerprint density at radius 1 is 0.970 bits per heavy atom. The van der Waals surface area contributed by atoms with Crippen LogP contribution in [0.15, 0.2) is 71.6 Å². The van der Waals surface area contributed by atoms with Gasteiger partial charge in [-0.05, 0) is 41.8 Å². The second-order valence-electron chi connectivity index (χ2n) is 7.14. The molecular formula is C24H25ClN2O5S. The van der Waals surface area contributed by atoms with Crippen molar-refractivity contribution < 1.29 is 22.7 Å². The molecular weight excluding hydrogens is 464 g/mol. The van der Waals surface area contributed by atoms with Crippen molar-refractivity contribution in [1.29, 1.82) is 0 Å². The summed E-state index contributed by atoms with van der Waals surface area (Å²) in [6, 6.07) is 18.7. The second kappa shape index (κ2) is 11.2. The zero-order valence-corrected chi connectivity index (χ0v) is 19.9. The first-order valence-electron chi connectivity index (χ1n) is 10.2. The summed E-state index contributed by atoms with van der Waals surface area (Å²) < 4.78 is 38.6. The summed E-state index contributed by atoms with van der Waals surface area (Å²) in [5, 5.41) is 2.84. The van der Waals surface area contributed by atoms with Crippen LogP contribution in [-0.2, 0) is 23.0 Å². The van der Waals surface area contributed by atoms with Gasteiger partial charge in [-0.3, -0.25) is 4.79 Å². The molecule has 0 heterocycles. The van der Waals surface area contributed by atoms with E-state index in [0.29, 0.717) is 24.5 Å². The maximum absolute atomic E-state index is 12.8. The van der Waals surface area contributed by atoms with Crippen LogP contribution in [0.25, 0.3) is 0 Å². The molecule has 0 aliphatic carbocycles. The molecule has 1 amide bonds. The van der Waals surface area contributed by atoms with E-state index in [1.807, 2.05) is 42.5 Å². The van der Waals surface area contributed by atoms with Gasteiger partial charge in [-0.15, -0.1) is 0 Å². The van der Waals surface area contributed by atoms with Crippen molar-refractivity contribution in [2.75, 3.05) is 20.8 Å². The van der Waals surface area contributed by atoms with E-state index in [4.69, 9.17) is 21.1 Å². The van der Waals surface area contributed by atoms with Gasteiger partial charge in [0.05, 0.1) is 19.2 Å². The number of carbonyl (C=O) groups is 1. The maximum atomic E-state index is 12.8. The molecule has 0 spiro atoms. The zero-order valence-electron chi connectivity index (χ0n) is 18.3. The third kappa shape index (κ3) is 6.47. The van der Waals surface area contributed by atoms with E-state index in [9.17, 15) is 13.2 Å². The van der Waals surface area contributed by atoms with E-state index >= 15 is 0 Å². The molecule has 0 radical (unpaired) electrons.